The number of carbonyl (C=O) groups excluding carboxylic acids is 4. The Morgan fingerprint density at radius 3 is 1.56 bits per heavy atom. The number of rotatable bonds is 2. The van der Waals surface area contributed by atoms with Gasteiger partial charge in [-0.2, -0.15) is 4.90 Å². The maximum absolute atomic E-state index is 13.3. The zero-order valence-electron chi connectivity index (χ0n) is 13.8. The zero-order valence-corrected chi connectivity index (χ0v) is 13.8. The van der Waals surface area contributed by atoms with Crippen LogP contribution in [0.25, 0.3) is 0 Å². The fourth-order valence-corrected chi connectivity index (χ4v) is 3.27. The summed E-state index contributed by atoms with van der Waals surface area (Å²) in [5.41, 5.74) is -0.811. The van der Waals surface area contributed by atoms with Crippen molar-refractivity contribution in [2.45, 2.75) is 19.4 Å². The molecule has 6 heteroatoms. The molecule has 126 valence electrons. The van der Waals surface area contributed by atoms with Crippen molar-refractivity contribution in [2.24, 2.45) is 0 Å². The number of amides is 5. The van der Waals surface area contributed by atoms with Crippen LogP contribution in [0.1, 0.15) is 25.0 Å². The van der Waals surface area contributed by atoms with Crippen molar-refractivity contribution in [2.75, 3.05) is 0 Å². The lowest BCUT2D eigenvalue weighted by Crippen LogP contribution is -2.50. The van der Waals surface area contributed by atoms with Crippen LogP contribution in [-0.4, -0.2) is 33.6 Å². The van der Waals surface area contributed by atoms with Crippen molar-refractivity contribution in [1.29, 1.82) is 0 Å². The molecule has 6 nitrogen and oxygen atoms in total. The first kappa shape index (κ1) is 16.6. The van der Waals surface area contributed by atoms with Crippen LogP contribution in [-0.2, 0) is 19.9 Å². The third kappa shape index (κ3) is 2.26. The third-order valence-corrected chi connectivity index (χ3v) is 4.24. The first-order valence-corrected chi connectivity index (χ1v) is 7.73. The van der Waals surface area contributed by atoms with E-state index in [-0.39, 0.29) is 0 Å². The third-order valence-electron chi connectivity index (χ3n) is 4.24. The van der Waals surface area contributed by atoms with Gasteiger partial charge in [-0.1, -0.05) is 60.7 Å². The molecule has 0 spiro atoms. The number of nitrogens with zero attached hydrogens (tertiary/aromatic N) is 2. The summed E-state index contributed by atoms with van der Waals surface area (Å²) < 4.78 is 0. The van der Waals surface area contributed by atoms with E-state index >= 15 is 0 Å². The fourth-order valence-electron chi connectivity index (χ4n) is 3.27. The molecule has 0 saturated carbocycles. The average Bonchev–Trinajstić information content (AvgIpc) is 2.84. The molecule has 25 heavy (non-hydrogen) atoms. The summed E-state index contributed by atoms with van der Waals surface area (Å²) in [4.78, 5) is 51.7. The SMILES string of the molecule is CC(=O)N1C(=O)N(C(C)=O)C(c2ccccc2)(c2ccccc2)C1=O. The second-order valence-electron chi connectivity index (χ2n) is 5.74. The summed E-state index contributed by atoms with van der Waals surface area (Å²) in [5.74, 6) is -2.10. The lowest BCUT2D eigenvalue weighted by atomic mass is 9.81. The molecule has 5 amide bonds. The lowest BCUT2D eigenvalue weighted by Gasteiger charge is -2.34. The molecule has 0 N–H and O–H groups in total. The highest BCUT2D eigenvalue weighted by Gasteiger charge is 2.62. The monoisotopic (exact) mass is 336 g/mol. The maximum Gasteiger partial charge on any atom is 0.341 e. The topological polar surface area (TPSA) is 74.8 Å². The van der Waals surface area contributed by atoms with Crippen molar-refractivity contribution in [3.8, 4) is 0 Å². The maximum atomic E-state index is 13.3. The Hall–Kier alpha value is -3.28. The highest BCUT2D eigenvalue weighted by Crippen LogP contribution is 2.43. The van der Waals surface area contributed by atoms with Crippen LogP contribution in [0.4, 0.5) is 4.79 Å². The second kappa shape index (κ2) is 5.98. The average molecular weight is 336 g/mol. The molecule has 0 aromatic heterocycles. The van der Waals surface area contributed by atoms with Gasteiger partial charge in [0.05, 0.1) is 0 Å². The largest absolute Gasteiger partial charge is 0.341 e. The first-order chi connectivity index (χ1) is 11.9. The molecular weight excluding hydrogens is 320 g/mol. The van der Waals surface area contributed by atoms with Crippen LogP contribution in [0.5, 0.6) is 0 Å². The van der Waals surface area contributed by atoms with E-state index in [2.05, 4.69) is 0 Å². The normalized spacial score (nSPS) is 16.2. The number of hydrogen-bond donors (Lipinski definition) is 0. The van der Waals surface area contributed by atoms with Gasteiger partial charge in [0.1, 0.15) is 0 Å². The highest BCUT2D eigenvalue weighted by molar-refractivity contribution is 6.23. The molecule has 1 aliphatic heterocycles. The second-order valence-corrected chi connectivity index (χ2v) is 5.74. The van der Waals surface area contributed by atoms with Crippen LogP contribution in [0, 0.1) is 0 Å². The standard InChI is InChI=1S/C19H16N2O4/c1-13(22)20-17(24)19(15-9-5-3-6-10-15,16-11-7-4-8-12-16)21(14(2)23)18(20)25/h3-12H,1-2H3. The highest BCUT2D eigenvalue weighted by atomic mass is 16.2. The van der Waals surface area contributed by atoms with E-state index in [4.69, 9.17) is 0 Å². The van der Waals surface area contributed by atoms with Crippen molar-refractivity contribution in [3.63, 3.8) is 0 Å². The summed E-state index contributed by atoms with van der Waals surface area (Å²) in [5, 5.41) is 0. The minimum absolute atomic E-state index is 0.443. The summed E-state index contributed by atoms with van der Waals surface area (Å²) in [7, 11) is 0. The van der Waals surface area contributed by atoms with E-state index in [1.54, 1.807) is 60.7 Å². The predicted octanol–water partition coefficient (Wildman–Crippen LogP) is 2.29. The molecule has 1 fully saturated rings. The van der Waals surface area contributed by atoms with Crippen molar-refractivity contribution in [1.82, 2.24) is 9.80 Å². The van der Waals surface area contributed by atoms with Gasteiger partial charge in [-0.25, -0.2) is 9.69 Å². The number of carbonyl (C=O) groups is 4. The molecule has 3 rings (SSSR count). The predicted molar refractivity (Wildman–Crippen MR) is 89.1 cm³/mol. The van der Waals surface area contributed by atoms with E-state index < -0.39 is 29.3 Å². The summed E-state index contributed by atoms with van der Waals surface area (Å²) in [6.07, 6.45) is 0. The lowest BCUT2D eigenvalue weighted by molar-refractivity contribution is -0.142. The first-order valence-electron chi connectivity index (χ1n) is 7.73. The van der Waals surface area contributed by atoms with Crippen LogP contribution in [0.15, 0.2) is 60.7 Å². The minimum atomic E-state index is -1.70. The molecule has 0 aliphatic carbocycles. The molecule has 1 saturated heterocycles. The van der Waals surface area contributed by atoms with Crippen LogP contribution < -0.4 is 0 Å². The minimum Gasteiger partial charge on any atom is -0.275 e. The van der Waals surface area contributed by atoms with Crippen LogP contribution in [0.2, 0.25) is 0 Å². The van der Waals surface area contributed by atoms with Gasteiger partial charge in [0.2, 0.25) is 11.8 Å². The molecule has 2 aromatic carbocycles. The Balaban J connectivity index is 2.40. The van der Waals surface area contributed by atoms with Crippen molar-refractivity contribution >= 4 is 23.8 Å². The Labute approximate surface area is 144 Å². The number of imide groups is 4. The van der Waals surface area contributed by atoms with Crippen molar-refractivity contribution < 1.29 is 19.2 Å². The van der Waals surface area contributed by atoms with Crippen LogP contribution in [0.3, 0.4) is 0 Å². The van der Waals surface area contributed by atoms with Gasteiger partial charge in [0, 0.05) is 13.8 Å². The van der Waals surface area contributed by atoms with Gasteiger partial charge in [-0.05, 0) is 11.1 Å². The zero-order chi connectivity index (χ0) is 18.2. The molecular formula is C19H16N2O4. The van der Waals surface area contributed by atoms with E-state index in [0.717, 1.165) is 11.8 Å². The summed E-state index contributed by atoms with van der Waals surface area (Å²) >= 11 is 0. The van der Waals surface area contributed by atoms with Crippen molar-refractivity contribution in [3.05, 3.63) is 71.8 Å². The number of hydrogen-bond acceptors (Lipinski definition) is 4. The molecule has 1 heterocycles. The molecule has 0 atom stereocenters. The van der Waals surface area contributed by atoms with E-state index in [9.17, 15) is 19.2 Å². The molecule has 0 bridgehead atoms. The quantitative estimate of drug-likeness (QED) is 0.789. The van der Waals surface area contributed by atoms with E-state index in [1.165, 1.54) is 6.92 Å². The molecule has 0 unspecified atom stereocenters. The number of benzene rings is 2. The molecule has 0 radical (unpaired) electrons. The van der Waals surface area contributed by atoms with Gasteiger partial charge < -0.3 is 0 Å². The van der Waals surface area contributed by atoms with Gasteiger partial charge in [-0.15, -0.1) is 0 Å². The molecule has 2 aromatic rings. The van der Waals surface area contributed by atoms with E-state index in [0.29, 0.717) is 16.0 Å². The summed E-state index contributed by atoms with van der Waals surface area (Å²) in [6.45, 7) is 2.33. The Morgan fingerprint density at radius 2 is 1.20 bits per heavy atom. The Kier molecular flexibility index (Phi) is 3.96. The van der Waals surface area contributed by atoms with Crippen LogP contribution >= 0.6 is 0 Å². The Bertz CT molecular complexity index is 822. The van der Waals surface area contributed by atoms with Gasteiger partial charge in [0.15, 0.2) is 5.54 Å². The fraction of sp³-hybridized carbons (Fsp3) is 0.158. The van der Waals surface area contributed by atoms with E-state index in [1.807, 2.05) is 0 Å². The van der Waals surface area contributed by atoms with Gasteiger partial charge >= 0.3 is 6.03 Å². The van der Waals surface area contributed by atoms with Gasteiger partial charge in [0.25, 0.3) is 5.91 Å². The number of urea groups is 1. The summed E-state index contributed by atoms with van der Waals surface area (Å²) in [6, 6.07) is 16.1. The smallest absolute Gasteiger partial charge is 0.275 e. The Morgan fingerprint density at radius 1 is 0.760 bits per heavy atom. The van der Waals surface area contributed by atoms with Gasteiger partial charge in [-0.3, -0.25) is 14.4 Å². The molecule has 1 aliphatic rings.